The Morgan fingerprint density at radius 1 is 1.24 bits per heavy atom. The van der Waals surface area contributed by atoms with Gasteiger partial charge in [-0.25, -0.2) is 9.18 Å². The van der Waals surface area contributed by atoms with E-state index >= 15 is 0 Å². The summed E-state index contributed by atoms with van der Waals surface area (Å²) < 4.78 is 13.4. The van der Waals surface area contributed by atoms with Gasteiger partial charge in [-0.2, -0.15) is 0 Å². The monoisotopic (exact) mass is 362 g/mol. The molecule has 0 aliphatic heterocycles. The van der Waals surface area contributed by atoms with Crippen LogP contribution in [0.25, 0.3) is 0 Å². The smallest absolute Gasteiger partial charge is 0.323 e. The third kappa shape index (κ3) is 5.03. The highest BCUT2D eigenvalue weighted by atomic mass is 79.9. The molecule has 0 saturated heterocycles. The zero-order valence-electron chi connectivity index (χ0n) is 10.9. The number of aliphatic carboxylic acids is 2. The molecule has 0 radical (unpaired) electrons. The summed E-state index contributed by atoms with van der Waals surface area (Å²) in [5.74, 6) is -3.20. The molecule has 1 aromatic carbocycles. The van der Waals surface area contributed by atoms with Crippen LogP contribution in [0.5, 0.6) is 0 Å². The number of carboxylic acid groups (broad SMARTS) is 2. The highest BCUT2D eigenvalue weighted by molar-refractivity contribution is 9.10. The van der Waals surface area contributed by atoms with Gasteiger partial charge >= 0.3 is 18.0 Å². The highest BCUT2D eigenvalue weighted by Crippen LogP contribution is 2.24. The lowest BCUT2D eigenvalue weighted by Gasteiger charge is -2.20. The first kappa shape index (κ1) is 16.9. The Morgan fingerprint density at radius 3 is 2.24 bits per heavy atom. The van der Waals surface area contributed by atoms with E-state index in [0.717, 1.165) is 0 Å². The van der Waals surface area contributed by atoms with E-state index in [1.807, 2.05) is 0 Å². The van der Waals surface area contributed by atoms with Gasteiger partial charge < -0.3 is 20.4 Å². The van der Waals surface area contributed by atoms with Crippen molar-refractivity contribution in [3.63, 3.8) is 0 Å². The van der Waals surface area contributed by atoms with Crippen molar-refractivity contribution in [1.82, 2.24) is 4.90 Å². The number of benzene rings is 1. The van der Waals surface area contributed by atoms with E-state index in [1.165, 1.54) is 12.1 Å². The van der Waals surface area contributed by atoms with Crippen molar-refractivity contribution in [1.29, 1.82) is 0 Å². The summed E-state index contributed by atoms with van der Waals surface area (Å²) in [5, 5.41) is 19.7. The van der Waals surface area contributed by atoms with E-state index in [9.17, 15) is 18.8 Å². The molecule has 0 bridgehead atoms. The fourth-order valence-electron chi connectivity index (χ4n) is 1.50. The van der Waals surface area contributed by atoms with Crippen LogP contribution < -0.4 is 5.32 Å². The SMILES string of the molecule is Cc1cc(F)c(Br)cc1NC(=O)N(CC(=O)O)CC(=O)O. The van der Waals surface area contributed by atoms with Gasteiger partial charge in [0.15, 0.2) is 0 Å². The lowest BCUT2D eigenvalue weighted by molar-refractivity contribution is -0.140. The Kier molecular flexibility index (Phi) is 5.65. The highest BCUT2D eigenvalue weighted by Gasteiger charge is 2.20. The number of aryl methyl sites for hydroxylation is 1. The van der Waals surface area contributed by atoms with Crippen LogP contribution in [0, 0.1) is 12.7 Å². The van der Waals surface area contributed by atoms with Gasteiger partial charge in [0, 0.05) is 5.69 Å². The lowest BCUT2D eigenvalue weighted by atomic mass is 10.2. The van der Waals surface area contributed by atoms with Crippen LogP contribution >= 0.6 is 15.9 Å². The number of anilines is 1. The molecule has 1 rings (SSSR count). The van der Waals surface area contributed by atoms with Crippen molar-refractivity contribution >= 4 is 39.6 Å². The molecule has 7 nitrogen and oxygen atoms in total. The molecule has 114 valence electrons. The van der Waals surface area contributed by atoms with E-state index in [0.29, 0.717) is 10.5 Å². The molecule has 0 unspecified atom stereocenters. The van der Waals surface area contributed by atoms with Crippen LogP contribution in [0.1, 0.15) is 5.56 Å². The summed E-state index contributed by atoms with van der Waals surface area (Å²) in [6, 6.07) is 1.59. The minimum Gasteiger partial charge on any atom is -0.480 e. The second kappa shape index (κ2) is 7.02. The largest absolute Gasteiger partial charge is 0.480 e. The second-order valence-electron chi connectivity index (χ2n) is 4.15. The molecule has 0 atom stereocenters. The summed E-state index contributed by atoms with van der Waals surface area (Å²) in [4.78, 5) is 33.8. The van der Waals surface area contributed by atoms with E-state index in [-0.39, 0.29) is 10.2 Å². The van der Waals surface area contributed by atoms with E-state index < -0.39 is 36.9 Å². The quantitative estimate of drug-likeness (QED) is 0.741. The third-order valence-electron chi connectivity index (χ3n) is 2.45. The fraction of sp³-hybridized carbons (Fsp3) is 0.250. The van der Waals surface area contributed by atoms with Gasteiger partial charge in [-0.1, -0.05) is 0 Å². The first-order valence-corrected chi connectivity index (χ1v) is 6.45. The number of hydrogen-bond acceptors (Lipinski definition) is 3. The molecule has 0 saturated carbocycles. The van der Waals surface area contributed by atoms with Gasteiger partial charge in [-0.15, -0.1) is 0 Å². The molecule has 0 fully saturated rings. The Hall–Kier alpha value is -2.16. The van der Waals surface area contributed by atoms with Crippen LogP contribution in [0.4, 0.5) is 14.9 Å². The summed E-state index contributed by atoms with van der Waals surface area (Å²) in [6.45, 7) is 0.0168. The third-order valence-corrected chi connectivity index (χ3v) is 3.06. The first-order valence-electron chi connectivity index (χ1n) is 5.66. The molecule has 0 aromatic heterocycles. The average molecular weight is 363 g/mol. The minimum atomic E-state index is -1.34. The average Bonchev–Trinajstić information content (AvgIpc) is 2.33. The van der Waals surface area contributed by atoms with Crippen LogP contribution in [-0.2, 0) is 9.59 Å². The van der Waals surface area contributed by atoms with Crippen LogP contribution in [-0.4, -0.2) is 46.2 Å². The van der Waals surface area contributed by atoms with Gasteiger partial charge in [0.1, 0.15) is 18.9 Å². The molecule has 9 heteroatoms. The van der Waals surface area contributed by atoms with E-state index in [2.05, 4.69) is 21.2 Å². The number of carbonyl (C=O) groups excluding carboxylic acids is 1. The topological polar surface area (TPSA) is 107 Å². The number of halogens is 2. The predicted molar refractivity (Wildman–Crippen MR) is 74.7 cm³/mol. The minimum absolute atomic E-state index is 0.117. The number of urea groups is 1. The summed E-state index contributed by atoms with van der Waals surface area (Å²) >= 11 is 2.96. The summed E-state index contributed by atoms with van der Waals surface area (Å²) in [7, 11) is 0. The van der Waals surface area contributed by atoms with Gasteiger partial charge in [0.2, 0.25) is 0 Å². The zero-order valence-corrected chi connectivity index (χ0v) is 12.5. The Labute approximate surface area is 127 Å². The predicted octanol–water partition coefficient (Wildman–Crippen LogP) is 1.90. The Balaban J connectivity index is 2.93. The summed E-state index contributed by atoms with van der Waals surface area (Å²) in [6.07, 6.45) is 0. The van der Waals surface area contributed by atoms with Crippen LogP contribution in [0.2, 0.25) is 0 Å². The standard InChI is InChI=1S/C12H12BrFN2O5/c1-6-2-8(14)7(13)3-9(6)15-12(21)16(4-10(17)18)5-11(19)20/h2-3H,4-5H2,1H3,(H,15,21)(H,17,18)(H,19,20). The summed E-state index contributed by atoms with van der Waals surface area (Å²) in [5.41, 5.74) is 0.656. The van der Waals surface area contributed by atoms with Crippen molar-refractivity contribution in [2.75, 3.05) is 18.4 Å². The molecule has 0 aliphatic carbocycles. The molecule has 0 heterocycles. The van der Waals surface area contributed by atoms with Crippen molar-refractivity contribution < 1.29 is 29.0 Å². The van der Waals surface area contributed by atoms with E-state index in [1.54, 1.807) is 6.92 Å². The molecule has 0 aliphatic rings. The number of amides is 2. The number of hydrogen-bond donors (Lipinski definition) is 3. The van der Waals surface area contributed by atoms with Crippen LogP contribution in [0.15, 0.2) is 16.6 Å². The van der Waals surface area contributed by atoms with Gasteiger partial charge in [0.25, 0.3) is 0 Å². The molecule has 2 amide bonds. The maximum atomic E-state index is 13.3. The molecule has 1 aromatic rings. The molecule has 21 heavy (non-hydrogen) atoms. The zero-order chi connectivity index (χ0) is 16.2. The lowest BCUT2D eigenvalue weighted by Crippen LogP contribution is -2.42. The van der Waals surface area contributed by atoms with Crippen molar-refractivity contribution in [3.05, 3.63) is 28.0 Å². The molecular formula is C12H12BrFN2O5. The van der Waals surface area contributed by atoms with Gasteiger partial charge in [-0.05, 0) is 40.5 Å². The van der Waals surface area contributed by atoms with Gasteiger partial charge in [-0.3, -0.25) is 9.59 Å². The van der Waals surface area contributed by atoms with Crippen molar-refractivity contribution in [2.24, 2.45) is 0 Å². The molecule has 0 spiro atoms. The maximum Gasteiger partial charge on any atom is 0.323 e. The van der Waals surface area contributed by atoms with Crippen molar-refractivity contribution in [3.8, 4) is 0 Å². The first-order chi connectivity index (χ1) is 9.70. The van der Waals surface area contributed by atoms with Crippen molar-refractivity contribution in [2.45, 2.75) is 6.92 Å². The second-order valence-corrected chi connectivity index (χ2v) is 5.01. The van der Waals surface area contributed by atoms with E-state index in [4.69, 9.17) is 10.2 Å². The van der Waals surface area contributed by atoms with Crippen LogP contribution in [0.3, 0.4) is 0 Å². The Bertz CT molecular complexity index is 577. The fourth-order valence-corrected chi connectivity index (χ4v) is 1.84. The number of carbonyl (C=O) groups is 3. The molecule has 3 N–H and O–H groups in total. The van der Waals surface area contributed by atoms with Gasteiger partial charge in [0.05, 0.1) is 4.47 Å². The number of nitrogens with one attached hydrogen (secondary N) is 1. The Morgan fingerprint density at radius 2 is 1.76 bits per heavy atom. The normalized spacial score (nSPS) is 10.0. The molecular weight excluding hydrogens is 351 g/mol. The maximum absolute atomic E-state index is 13.3. The number of carboxylic acids is 2. The number of nitrogens with zero attached hydrogens (tertiary/aromatic N) is 1. The number of rotatable bonds is 5.